The summed E-state index contributed by atoms with van der Waals surface area (Å²) in [4.78, 5) is 24.1. The Labute approximate surface area is 133 Å². The first-order valence-corrected chi connectivity index (χ1v) is 7.88. The van der Waals surface area contributed by atoms with E-state index >= 15 is 0 Å². The van der Waals surface area contributed by atoms with Crippen LogP contribution in [0.4, 0.5) is 11.4 Å². The lowest BCUT2D eigenvalue weighted by Crippen LogP contribution is -2.16. The summed E-state index contributed by atoms with van der Waals surface area (Å²) in [5.41, 5.74) is 8.30. The molecule has 0 saturated heterocycles. The molecule has 108 valence electrons. The van der Waals surface area contributed by atoms with Crippen LogP contribution in [-0.2, 0) is 9.59 Å². The van der Waals surface area contributed by atoms with Crippen molar-refractivity contribution < 1.29 is 9.59 Å². The van der Waals surface area contributed by atoms with Crippen molar-refractivity contribution in [3.05, 3.63) is 44.6 Å². The highest BCUT2D eigenvalue weighted by Gasteiger charge is 2.20. The van der Waals surface area contributed by atoms with Crippen molar-refractivity contribution in [2.45, 2.75) is 12.5 Å². The Balaban J connectivity index is 1.95. The van der Waals surface area contributed by atoms with Crippen LogP contribution in [0.5, 0.6) is 0 Å². The summed E-state index contributed by atoms with van der Waals surface area (Å²) in [6.45, 7) is 0. The predicted octanol–water partition coefficient (Wildman–Crippen LogP) is 2.84. The van der Waals surface area contributed by atoms with Gasteiger partial charge in [-0.1, -0.05) is 6.07 Å². The fourth-order valence-corrected chi connectivity index (χ4v) is 3.62. The largest absolute Gasteiger partial charge is 0.324 e. The number of fused-ring (bicyclic) bond motifs is 1. The molecule has 2 heterocycles. The zero-order valence-electron chi connectivity index (χ0n) is 10.9. The van der Waals surface area contributed by atoms with E-state index in [-0.39, 0.29) is 24.3 Å². The number of halogens is 1. The monoisotopic (exact) mass is 365 g/mol. The van der Waals surface area contributed by atoms with Gasteiger partial charge in [0.25, 0.3) is 0 Å². The van der Waals surface area contributed by atoms with Crippen molar-refractivity contribution in [1.29, 1.82) is 0 Å². The zero-order valence-corrected chi connectivity index (χ0v) is 13.3. The summed E-state index contributed by atoms with van der Waals surface area (Å²) in [5, 5.41) is 5.42. The second kappa shape index (κ2) is 5.59. The van der Waals surface area contributed by atoms with Gasteiger partial charge in [0.2, 0.25) is 11.8 Å². The number of rotatable bonds is 2. The Kier molecular flexibility index (Phi) is 3.79. The lowest BCUT2D eigenvalue weighted by molar-refractivity contribution is -0.123. The highest BCUT2D eigenvalue weighted by atomic mass is 79.9. The number of hydrogen-bond acceptors (Lipinski definition) is 4. The molecule has 0 bridgehead atoms. The minimum absolute atomic E-state index is 0.173. The van der Waals surface area contributed by atoms with Gasteiger partial charge in [-0.15, -0.1) is 11.3 Å². The summed E-state index contributed by atoms with van der Waals surface area (Å²) in [6.07, 6.45) is -0.173. The zero-order chi connectivity index (χ0) is 15.0. The number of nitrogens with two attached hydrogens (primary N) is 1. The van der Waals surface area contributed by atoms with Crippen molar-refractivity contribution in [1.82, 2.24) is 0 Å². The van der Waals surface area contributed by atoms with Crippen molar-refractivity contribution in [2.75, 3.05) is 10.6 Å². The van der Waals surface area contributed by atoms with Crippen LogP contribution in [0.3, 0.4) is 0 Å². The third kappa shape index (κ3) is 2.99. The summed E-state index contributed by atoms with van der Waals surface area (Å²) in [6, 6.07) is 9.06. The Morgan fingerprint density at radius 2 is 1.81 bits per heavy atom. The van der Waals surface area contributed by atoms with Crippen molar-refractivity contribution >= 4 is 50.5 Å². The molecule has 1 unspecified atom stereocenters. The Morgan fingerprint density at radius 1 is 1.10 bits per heavy atom. The molecule has 1 aliphatic heterocycles. The number of anilines is 2. The van der Waals surface area contributed by atoms with E-state index in [9.17, 15) is 9.59 Å². The number of thiophene rings is 1. The molecule has 2 aromatic rings. The van der Waals surface area contributed by atoms with Crippen molar-refractivity contribution in [3.63, 3.8) is 0 Å². The number of carbonyl (C=O) groups is 2. The van der Waals surface area contributed by atoms with Gasteiger partial charge in [-0.05, 0) is 45.8 Å². The maximum absolute atomic E-state index is 11.6. The quantitative estimate of drug-likeness (QED) is 0.715. The second-order valence-electron chi connectivity index (χ2n) is 4.70. The molecule has 5 nitrogen and oxygen atoms in total. The van der Waals surface area contributed by atoms with E-state index in [1.807, 2.05) is 18.2 Å². The summed E-state index contributed by atoms with van der Waals surface area (Å²) >= 11 is 4.98. The normalized spacial score (nSPS) is 15.7. The summed E-state index contributed by atoms with van der Waals surface area (Å²) in [7, 11) is 0. The van der Waals surface area contributed by atoms with Crippen LogP contribution < -0.4 is 16.4 Å². The predicted molar refractivity (Wildman–Crippen MR) is 86.4 cm³/mol. The lowest BCUT2D eigenvalue weighted by Gasteiger charge is -2.14. The minimum Gasteiger partial charge on any atom is -0.324 e. The van der Waals surface area contributed by atoms with Crippen LogP contribution in [0.1, 0.15) is 22.9 Å². The maximum Gasteiger partial charge on any atom is 0.233 e. The highest BCUT2D eigenvalue weighted by Crippen LogP contribution is 2.33. The van der Waals surface area contributed by atoms with Gasteiger partial charge >= 0.3 is 0 Å². The average Bonchev–Trinajstić information content (AvgIpc) is 2.79. The van der Waals surface area contributed by atoms with Gasteiger partial charge in [-0.3, -0.25) is 9.59 Å². The number of amides is 2. The van der Waals surface area contributed by atoms with Gasteiger partial charge in [-0.2, -0.15) is 0 Å². The Hall–Kier alpha value is -1.70. The first-order valence-electron chi connectivity index (χ1n) is 6.27. The van der Waals surface area contributed by atoms with Crippen LogP contribution >= 0.6 is 27.3 Å². The molecule has 3 rings (SSSR count). The van der Waals surface area contributed by atoms with Crippen molar-refractivity contribution in [2.24, 2.45) is 5.73 Å². The Bertz CT molecular complexity index is 729. The number of hydrogen-bond donors (Lipinski definition) is 3. The molecule has 0 aliphatic carbocycles. The van der Waals surface area contributed by atoms with Crippen LogP contribution in [0.2, 0.25) is 0 Å². The molecule has 1 aromatic heterocycles. The molecule has 1 aliphatic rings. The molecule has 4 N–H and O–H groups in total. The van der Waals surface area contributed by atoms with E-state index in [0.29, 0.717) is 11.4 Å². The SMILES string of the molecule is NC(c1ccc2c(c1)NC(=O)CC(=O)N2)c1ccc(Br)s1. The average molecular weight is 366 g/mol. The number of nitrogens with one attached hydrogen (secondary N) is 2. The fourth-order valence-electron chi connectivity index (χ4n) is 2.16. The second-order valence-corrected chi connectivity index (χ2v) is 7.19. The molecule has 1 atom stereocenters. The van der Waals surface area contributed by atoms with Gasteiger partial charge in [0, 0.05) is 4.88 Å². The first kappa shape index (κ1) is 14.2. The van der Waals surface area contributed by atoms with Crippen LogP contribution in [0.25, 0.3) is 0 Å². The molecule has 21 heavy (non-hydrogen) atoms. The molecule has 7 heteroatoms. The van der Waals surface area contributed by atoms with Crippen LogP contribution in [0, 0.1) is 0 Å². The van der Waals surface area contributed by atoms with Crippen molar-refractivity contribution in [3.8, 4) is 0 Å². The molecule has 0 radical (unpaired) electrons. The lowest BCUT2D eigenvalue weighted by atomic mass is 10.0. The fraction of sp³-hybridized carbons (Fsp3) is 0.143. The summed E-state index contributed by atoms with van der Waals surface area (Å²) in [5.74, 6) is -0.638. The summed E-state index contributed by atoms with van der Waals surface area (Å²) < 4.78 is 1.02. The van der Waals surface area contributed by atoms with E-state index in [1.54, 1.807) is 23.5 Å². The van der Waals surface area contributed by atoms with Crippen LogP contribution in [-0.4, -0.2) is 11.8 Å². The van der Waals surface area contributed by atoms with Gasteiger partial charge in [-0.25, -0.2) is 0 Å². The molecular formula is C14H12BrN3O2S. The molecule has 1 aromatic carbocycles. The Morgan fingerprint density at radius 3 is 2.48 bits per heavy atom. The molecular weight excluding hydrogens is 354 g/mol. The topological polar surface area (TPSA) is 84.2 Å². The van der Waals surface area contributed by atoms with Gasteiger partial charge in [0.15, 0.2) is 0 Å². The molecule has 0 fully saturated rings. The van der Waals surface area contributed by atoms with E-state index in [1.165, 1.54) is 0 Å². The molecule has 2 amide bonds. The first-order chi connectivity index (χ1) is 10.0. The minimum atomic E-state index is -0.323. The van der Waals surface area contributed by atoms with Gasteiger partial charge in [0.05, 0.1) is 21.2 Å². The van der Waals surface area contributed by atoms with E-state index < -0.39 is 0 Å². The van der Waals surface area contributed by atoms with E-state index in [4.69, 9.17) is 5.73 Å². The number of benzene rings is 1. The van der Waals surface area contributed by atoms with E-state index in [2.05, 4.69) is 26.6 Å². The van der Waals surface area contributed by atoms with E-state index in [0.717, 1.165) is 14.2 Å². The number of carbonyl (C=O) groups excluding carboxylic acids is 2. The van der Waals surface area contributed by atoms with Gasteiger partial charge < -0.3 is 16.4 Å². The van der Waals surface area contributed by atoms with Crippen LogP contribution in [0.15, 0.2) is 34.1 Å². The van der Waals surface area contributed by atoms with Gasteiger partial charge in [0.1, 0.15) is 6.42 Å². The maximum atomic E-state index is 11.6. The third-order valence-electron chi connectivity index (χ3n) is 3.17. The standard InChI is InChI=1S/C14H12BrN3O2S/c15-11-4-3-10(21-11)14(16)7-1-2-8-9(5-7)18-13(20)6-12(19)17-8/h1-5,14H,6,16H2,(H,17,19)(H,18,20). The highest BCUT2D eigenvalue weighted by molar-refractivity contribution is 9.11. The smallest absolute Gasteiger partial charge is 0.233 e. The third-order valence-corrected chi connectivity index (χ3v) is 4.88. The molecule has 0 saturated carbocycles. The molecule has 0 spiro atoms.